The van der Waals surface area contributed by atoms with Crippen molar-refractivity contribution in [2.45, 2.75) is 37.5 Å². The van der Waals surface area contributed by atoms with Crippen LogP contribution in [0.15, 0.2) is 0 Å². The summed E-state index contributed by atoms with van der Waals surface area (Å²) in [5, 5.41) is 12.7. The first-order chi connectivity index (χ1) is 7.31. The third-order valence-corrected chi connectivity index (χ3v) is 3.31. The Balaban J connectivity index is 1.69. The van der Waals surface area contributed by atoms with Crippen LogP contribution in [0.4, 0.5) is 0 Å². The standard InChI is InChI=1S/C11H22N2O2/c1-15-11-4-5-13(7-11)6-10(8-14)12-9-2-3-9/h9-12,14H,2-8H2,1H3. The quantitative estimate of drug-likeness (QED) is 0.644. The van der Waals surface area contributed by atoms with E-state index in [9.17, 15) is 5.11 Å². The molecule has 0 amide bonds. The van der Waals surface area contributed by atoms with Crippen LogP contribution in [0.5, 0.6) is 0 Å². The summed E-state index contributed by atoms with van der Waals surface area (Å²) in [5.41, 5.74) is 0. The zero-order valence-corrected chi connectivity index (χ0v) is 9.48. The Morgan fingerprint density at radius 3 is 2.80 bits per heavy atom. The first-order valence-corrected chi connectivity index (χ1v) is 5.94. The van der Waals surface area contributed by atoms with Gasteiger partial charge >= 0.3 is 0 Å². The minimum absolute atomic E-state index is 0.241. The highest BCUT2D eigenvalue weighted by Crippen LogP contribution is 2.20. The summed E-state index contributed by atoms with van der Waals surface area (Å²) in [4.78, 5) is 2.38. The van der Waals surface area contributed by atoms with Gasteiger partial charge in [-0.25, -0.2) is 0 Å². The van der Waals surface area contributed by atoms with Crippen LogP contribution in [0, 0.1) is 0 Å². The van der Waals surface area contributed by atoms with E-state index in [1.807, 2.05) is 0 Å². The van der Waals surface area contributed by atoms with E-state index in [0.717, 1.165) is 26.1 Å². The molecular formula is C11H22N2O2. The van der Waals surface area contributed by atoms with Gasteiger partial charge in [0, 0.05) is 38.8 Å². The summed E-state index contributed by atoms with van der Waals surface area (Å²) < 4.78 is 5.33. The van der Waals surface area contributed by atoms with E-state index in [4.69, 9.17) is 4.74 Å². The van der Waals surface area contributed by atoms with Crippen LogP contribution in [0.1, 0.15) is 19.3 Å². The van der Waals surface area contributed by atoms with Crippen molar-refractivity contribution in [2.75, 3.05) is 33.4 Å². The van der Waals surface area contributed by atoms with Gasteiger partial charge in [-0.3, -0.25) is 4.90 Å². The fraction of sp³-hybridized carbons (Fsp3) is 1.00. The average molecular weight is 214 g/mol. The number of aliphatic hydroxyl groups excluding tert-OH is 1. The van der Waals surface area contributed by atoms with Gasteiger partial charge in [-0.15, -0.1) is 0 Å². The molecule has 0 aromatic rings. The van der Waals surface area contributed by atoms with Crippen LogP contribution in [0.3, 0.4) is 0 Å². The molecule has 0 aromatic carbocycles. The molecule has 88 valence electrons. The van der Waals surface area contributed by atoms with Gasteiger partial charge in [-0.05, 0) is 19.3 Å². The van der Waals surface area contributed by atoms with Crippen molar-refractivity contribution in [1.29, 1.82) is 0 Å². The molecular weight excluding hydrogens is 192 g/mol. The predicted molar refractivity (Wildman–Crippen MR) is 58.9 cm³/mol. The van der Waals surface area contributed by atoms with Gasteiger partial charge in [-0.1, -0.05) is 0 Å². The molecule has 1 saturated heterocycles. The monoisotopic (exact) mass is 214 g/mol. The molecule has 4 heteroatoms. The lowest BCUT2D eigenvalue weighted by atomic mass is 10.3. The first kappa shape index (κ1) is 11.3. The molecule has 2 atom stereocenters. The SMILES string of the molecule is COC1CCN(CC(CO)NC2CC2)C1. The zero-order chi connectivity index (χ0) is 10.7. The van der Waals surface area contributed by atoms with Crippen molar-refractivity contribution in [3.8, 4) is 0 Å². The molecule has 1 saturated carbocycles. The molecule has 2 fully saturated rings. The maximum Gasteiger partial charge on any atom is 0.0710 e. The molecule has 1 heterocycles. The highest BCUT2D eigenvalue weighted by molar-refractivity contribution is 4.87. The van der Waals surface area contributed by atoms with Crippen molar-refractivity contribution in [1.82, 2.24) is 10.2 Å². The molecule has 4 nitrogen and oxygen atoms in total. The maximum absolute atomic E-state index is 9.27. The highest BCUT2D eigenvalue weighted by Gasteiger charge is 2.28. The molecule has 0 aromatic heterocycles. The maximum atomic E-state index is 9.27. The second-order valence-corrected chi connectivity index (χ2v) is 4.73. The van der Waals surface area contributed by atoms with Crippen molar-refractivity contribution in [3.63, 3.8) is 0 Å². The number of ether oxygens (including phenoxy) is 1. The number of hydrogen-bond acceptors (Lipinski definition) is 4. The Hall–Kier alpha value is -0.160. The van der Waals surface area contributed by atoms with E-state index < -0.39 is 0 Å². The second-order valence-electron chi connectivity index (χ2n) is 4.73. The summed E-state index contributed by atoms with van der Waals surface area (Å²) >= 11 is 0. The summed E-state index contributed by atoms with van der Waals surface area (Å²) in [5.74, 6) is 0. The van der Waals surface area contributed by atoms with Crippen molar-refractivity contribution in [3.05, 3.63) is 0 Å². The van der Waals surface area contributed by atoms with Gasteiger partial charge in [0.25, 0.3) is 0 Å². The van der Waals surface area contributed by atoms with E-state index in [0.29, 0.717) is 12.1 Å². The molecule has 0 bridgehead atoms. The van der Waals surface area contributed by atoms with Gasteiger partial charge in [0.1, 0.15) is 0 Å². The van der Waals surface area contributed by atoms with Crippen molar-refractivity contribution < 1.29 is 9.84 Å². The lowest BCUT2D eigenvalue weighted by Gasteiger charge is -2.23. The zero-order valence-electron chi connectivity index (χ0n) is 9.48. The third kappa shape index (κ3) is 3.41. The number of aliphatic hydroxyl groups is 1. The minimum atomic E-state index is 0.241. The lowest BCUT2D eigenvalue weighted by molar-refractivity contribution is 0.104. The summed E-state index contributed by atoms with van der Waals surface area (Å²) in [6.07, 6.45) is 4.07. The van der Waals surface area contributed by atoms with E-state index in [-0.39, 0.29) is 12.6 Å². The van der Waals surface area contributed by atoms with Crippen LogP contribution in [-0.2, 0) is 4.74 Å². The number of nitrogens with one attached hydrogen (secondary N) is 1. The normalized spacial score (nSPS) is 29.6. The first-order valence-electron chi connectivity index (χ1n) is 5.94. The van der Waals surface area contributed by atoms with Crippen molar-refractivity contribution in [2.24, 2.45) is 0 Å². The third-order valence-electron chi connectivity index (χ3n) is 3.31. The van der Waals surface area contributed by atoms with Gasteiger partial charge in [0.15, 0.2) is 0 Å². The minimum Gasteiger partial charge on any atom is -0.395 e. The molecule has 2 aliphatic rings. The van der Waals surface area contributed by atoms with Gasteiger partial charge in [-0.2, -0.15) is 0 Å². The number of likely N-dealkylation sites (tertiary alicyclic amines) is 1. The summed E-state index contributed by atoms with van der Waals surface area (Å²) in [7, 11) is 1.78. The van der Waals surface area contributed by atoms with Crippen molar-refractivity contribution >= 4 is 0 Å². The number of nitrogens with zero attached hydrogens (tertiary/aromatic N) is 1. The van der Waals surface area contributed by atoms with Gasteiger partial charge in [0.05, 0.1) is 12.7 Å². The fourth-order valence-electron chi connectivity index (χ4n) is 2.21. The van der Waals surface area contributed by atoms with E-state index in [1.54, 1.807) is 7.11 Å². The average Bonchev–Trinajstić information content (AvgIpc) is 2.95. The Bertz CT molecular complexity index is 197. The molecule has 1 aliphatic heterocycles. The second kappa shape index (κ2) is 5.25. The number of hydrogen-bond donors (Lipinski definition) is 2. The predicted octanol–water partition coefficient (Wildman–Crippen LogP) is -0.180. The van der Waals surface area contributed by atoms with Crippen LogP contribution >= 0.6 is 0 Å². The summed E-state index contributed by atoms with van der Waals surface area (Å²) in [6.45, 7) is 3.30. The van der Waals surface area contributed by atoms with Crippen LogP contribution < -0.4 is 5.32 Å². The fourth-order valence-corrected chi connectivity index (χ4v) is 2.21. The topological polar surface area (TPSA) is 44.7 Å². The largest absolute Gasteiger partial charge is 0.395 e. The molecule has 2 rings (SSSR count). The van der Waals surface area contributed by atoms with Crippen LogP contribution in [0.2, 0.25) is 0 Å². The highest BCUT2D eigenvalue weighted by atomic mass is 16.5. The Kier molecular flexibility index (Phi) is 3.97. The smallest absolute Gasteiger partial charge is 0.0710 e. The summed E-state index contributed by atoms with van der Waals surface area (Å²) in [6, 6.07) is 0.913. The molecule has 1 aliphatic carbocycles. The van der Waals surface area contributed by atoms with Crippen LogP contribution in [0.25, 0.3) is 0 Å². The van der Waals surface area contributed by atoms with E-state index in [2.05, 4.69) is 10.2 Å². The Morgan fingerprint density at radius 1 is 1.47 bits per heavy atom. The molecule has 0 spiro atoms. The van der Waals surface area contributed by atoms with E-state index in [1.165, 1.54) is 12.8 Å². The molecule has 2 N–H and O–H groups in total. The molecule has 0 radical (unpaired) electrons. The Labute approximate surface area is 91.6 Å². The molecule has 15 heavy (non-hydrogen) atoms. The van der Waals surface area contributed by atoms with Gasteiger partial charge < -0.3 is 15.2 Å². The van der Waals surface area contributed by atoms with E-state index >= 15 is 0 Å². The van der Waals surface area contributed by atoms with Crippen LogP contribution in [-0.4, -0.2) is 61.5 Å². The Morgan fingerprint density at radius 2 is 2.27 bits per heavy atom. The number of rotatable bonds is 6. The lowest BCUT2D eigenvalue weighted by Crippen LogP contribution is -2.43. The number of methoxy groups -OCH3 is 1. The van der Waals surface area contributed by atoms with Gasteiger partial charge in [0.2, 0.25) is 0 Å². The molecule has 2 unspecified atom stereocenters.